The van der Waals surface area contributed by atoms with Crippen molar-refractivity contribution < 1.29 is 0 Å². The van der Waals surface area contributed by atoms with Gasteiger partial charge in [0.1, 0.15) is 0 Å². The van der Waals surface area contributed by atoms with Gasteiger partial charge in [0.15, 0.2) is 0 Å². The molecule has 0 saturated heterocycles. The van der Waals surface area contributed by atoms with Crippen LogP contribution in [0, 0.1) is 0 Å². The third kappa shape index (κ3) is 4.70. The lowest BCUT2D eigenvalue weighted by Crippen LogP contribution is -2.04. The zero-order chi connectivity index (χ0) is 7.82. The van der Waals surface area contributed by atoms with Gasteiger partial charge in [0.2, 0.25) is 0 Å². The van der Waals surface area contributed by atoms with Crippen LogP contribution in [-0.2, 0) is 0 Å². The van der Waals surface area contributed by atoms with Crippen LogP contribution in [0.5, 0.6) is 0 Å². The van der Waals surface area contributed by atoms with Crippen molar-refractivity contribution in [3.05, 3.63) is 11.1 Å². The Bertz CT molecular complexity index is 102. The molecule has 0 amide bonds. The summed E-state index contributed by atoms with van der Waals surface area (Å²) in [4.78, 5) is 1.32. The minimum atomic E-state index is 0.672. The van der Waals surface area contributed by atoms with Crippen LogP contribution in [-0.4, -0.2) is 12.4 Å². The summed E-state index contributed by atoms with van der Waals surface area (Å²) in [5.41, 5.74) is 5.37. The van der Waals surface area contributed by atoms with Gasteiger partial charge in [0.25, 0.3) is 0 Å². The molecule has 0 spiro atoms. The second kappa shape index (κ2) is 6.96. The fraction of sp³-hybridized carbons (Fsp3) is 0.714. The van der Waals surface area contributed by atoms with Gasteiger partial charge in [0, 0.05) is 23.5 Å². The molecule has 0 saturated carbocycles. The molecule has 0 aliphatic heterocycles. The zero-order valence-electron chi connectivity index (χ0n) is 6.68. The van der Waals surface area contributed by atoms with Gasteiger partial charge >= 0.3 is 0 Å². The van der Waals surface area contributed by atoms with E-state index >= 15 is 0 Å². The lowest BCUT2D eigenvalue weighted by molar-refractivity contribution is 0.908. The number of hydrogen-bond donors (Lipinski definition) is 2. The molecule has 0 fully saturated rings. The predicted molar refractivity (Wildman–Crippen MR) is 48.7 cm³/mol. The van der Waals surface area contributed by atoms with Crippen LogP contribution >= 0.6 is 11.8 Å². The molecule has 10 heavy (non-hydrogen) atoms. The molecule has 0 radical (unpaired) electrons. The second-order valence-corrected chi connectivity index (χ2v) is 2.98. The topological polar surface area (TPSA) is 38.0 Å². The van der Waals surface area contributed by atoms with Gasteiger partial charge in [0.05, 0.1) is 0 Å². The lowest BCUT2D eigenvalue weighted by Gasteiger charge is -2.01. The third-order valence-corrected chi connectivity index (χ3v) is 2.03. The molecule has 2 nitrogen and oxygen atoms in total. The third-order valence-electron chi connectivity index (χ3n) is 1.08. The van der Waals surface area contributed by atoms with E-state index in [-0.39, 0.29) is 0 Å². The molecule has 0 rings (SSSR count). The largest absolute Gasteiger partial charge is 0.391 e. The Morgan fingerprint density at radius 3 is 2.70 bits per heavy atom. The summed E-state index contributed by atoms with van der Waals surface area (Å²) in [6.07, 6.45) is 3.10. The van der Waals surface area contributed by atoms with Gasteiger partial charge in [-0.05, 0) is 13.3 Å². The van der Waals surface area contributed by atoms with Gasteiger partial charge in [-0.1, -0.05) is 6.92 Å². The van der Waals surface area contributed by atoms with Gasteiger partial charge in [-0.2, -0.15) is 0 Å². The van der Waals surface area contributed by atoms with Crippen molar-refractivity contribution in [2.24, 2.45) is 5.73 Å². The van der Waals surface area contributed by atoms with E-state index in [4.69, 9.17) is 5.73 Å². The molecule has 0 unspecified atom stereocenters. The summed E-state index contributed by atoms with van der Waals surface area (Å²) in [5.74, 6) is 0.672. The van der Waals surface area contributed by atoms with Crippen molar-refractivity contribution >= 4 is 11.8 Å². The highest BCUT2D eigenvalue weighted by molar-refractivity contribution is 8.03. The summed E-state index contributed by atoms with van der Waals surface area (Å²) in [7, 11) is 0. The molecule has 0 heterocycles. The Kier molecular flexibility index (Phi) is 6.86. The van der Waals surface area contributed by atoms with E-state index in [1.807, 2.05) is 6.20 Å². The number of nitrogens with one attached hydrogen (secondary N) is 1. The van der Waals surface area contributed by atoms with E-state index in [0.29, 0.717) is 5.88 Å². The van der Waals surface area contributed by atoms with Crippen LogP contribution in [0.25, 0.3) is 0 Å². The Balaban J connectivity index is 3.55. The Morgan fingerprint density at radius 1 is 1.60 bits per heavy atom. The number of hydrogen-bond acceptors (Lipinski definition) is 3. The van der Waals surface area contributed by atoms with Crippen molar-refractivity contribution in [1.29, 1.82) is 0 Å². The molecule has 0 aliphatic carbocycles. The van der Waals surface area contributed by atoms with Gasteiger partial charge in [-0.3, -0.25) is 0 Å². The molecule has 0 aromatic carbocycles. The molecular formula is C7H16N2S. The number of rotatable bonds is 5. The molecule has 3 N–H and O–H groups in total. The molecule has 3 heteroatoms. The molecule has 60 valence electrons. The van der Waals surface area contributed by atoms with E-state index in [1.54, 1.807) is 11.8 Å². The van der Waals surface area contributed by atoms with Crippen LogP contribution in [0.4, 0.5) is 0 Å². The van der Waals surface area contributed by atoms with Crippen LogP contribution in [0.1, 0.15) is 20.3 Å². The molecule has 0 aliphatic rings. The molecule has 0 aromatic heterocycles. The summed E-state index contributed by atoms with van der Waals surface area (Å²) < 4.78 is 0. The maximum Gasteiger partial charge on any atom is 0.0438 e. The normalized spacial score (nSPS) is 11.7. The van der Waals surface area contributed by atoms with E-state index in [2.05, 4.69) is 19.2 Å². The highest BCUT2D eigenvalue weighted by Crippen LogP contribution is 2.15. The first-order valence-corrected chi connectivity index (χ1v) is 4.59. The SMILES string of the molecule is CCN/C=C(/CC)SCN. The van der Waals surface area contributed by atoms with E-state index in [9.17, 15) is 0 Å². The van der Waals surface area contributed by atoms with Gasteiger partial charge in [-0.15, -0.1) is 11.8 Å². The zero-order valence-corrected chi connectivity index (χ0v) is 7.50. The summed E-state index contributed by atoms with van der Waals surface area (Å²) in [6.45, 7) is 5.19. The maximum atomic E-state index is 5.37. The highest BCUT2D eigenvalue weighted by atomic mass is 32.2. The quantitative estimate of drug-likeness (QED) is 0.598. The summed E-state index contributed by atoms with van der Waals surface area (Å²) >= 11 is 1.69. The molecule has 0 aromatic rings. The second-order valence-electron chi connectivity index (χ2n) is 1.83. The van der Waals surface area contributed by atoms with Crippen molar-refractivity contribution in [3.63, 3.8) is 0 Å². The fourth-order valence-corrected chi connectivity index (χ4v) is 1.15. The average molecular weight is 160 g/mol. The van der Waals surface area contributed by atoms with Crippen molar-refractivity contribution in [1.82, 2.24) is 5.32 Å². The smallest absolute Gasteiger partial charge is 0.0438 e. The summed E-state index contributed by atoms with van der Waals surface area (Å²) in [6, 6.07) is 0. The number of thioether (sulfide) groups is 1. The monoisotopic (exact) mass is 160 g/mol. The predicted octanol–water partition coefficient (Wildman–Crippen LogP) is 1.50. The van der Waals surface area contributed by atoms with Crippen LogP contribution < -0.4 is 11.1 Å². The molecule has 0 bridgehead atoms. The average Bonchev–Trinajstić information content (AvgIpc) is 1.98. The molecular weight excluding hydrogens is 144 g/mol. The van der Waals surface area contributed by atoms with Crippen molar-refractivity contribution in [2.75, 3.05) is 12.4 Å². The first kappa shape index (κ1) is 9.85. The van der Waals surface area contributed by atoms with Crippen LogP contribution in [0.2, 0.25) is 0 Å². The van der Waals surface area contributed by atoms with E-state index in [1.165, 1.54) is 4.91 Å². The highest BCUT2D eigenvalue weighted by Gasteiger charge is 1.90. The first-order chi connectivity index (χ1) is 4.85. The number of nitrogens with two attached hydrogens (primary N) is 1. The first-order valence-electron chi connectivity index (χ1n) is 3.60. The number of allylic oxidation sites excluding steroid dienone is 1. The van der Waals surface area contributed by atoms with Crippen molar-refractivity contribution in [3.8, 4) is 0 Å². The minimum Gasteiger partial charge on any atom is -0.391 e. The summed E-state index contributed by atoms with van der Waals surface area (Å²) in [5, 5.41) is 3.15. The van der Waals surface area contributed by atoms with E-state index < -0.39 is 0 Å². The van der Waals surface area contributed by atoms with Gasteiger partial charge < -0.3 is 11.1 Å². The van der Waals surface area contributed by atoms with Gasteiger partial charge in [-0.25, -0.2) is 0 Å². The van der Waals surface area contributed by atoms with Crippen LogP contribution in [0.3, 0.4) is 0 Å². The van der Waals surface area contributed by atoms with E-state index in [0.717, 1.165) is 13.0 Å². The Hall–Kier alpha value is -0.150. The molecule has 0 atom stereocenters. The lowest BCUT2D eigenvalue weighted by atomic mass is 10.4. The maximum absolute atomic E-state index is 5.37. The Labute approximate surface area is 67.3 Å². The Morgan fingerprint density at radius 2 is 2.30 bits per heavy atom. The fourth-order valence-electron chi connectivity index (χ4n) is 0.569. The standard InChI is InChI=1S/C7H16N2S/c1-3-7(10-6-8)5-9-4-2/h5,9H,3-4,6,8H2,1-2H3/b7-5-. The minimum absolute atomic E-state index is 0.672. The van der Waals surface area contributed by atoms with Crippen molar-refractivity contribution in [2.45, 2.75) is 20.3 Å². The van der Waals surface area contributed by atoms with Crippen LogP contribution in [0.15, 0.2) is 11.1 Å².